The lowest BCUT2D eigenvalue weighted by Crippen LogP contribution is -2.34. The molecule has 0 saturated heterocycles. The lowest BCUT2D eigenvalue weighted by Gasteiger charge is -2.40. The third-order valence-electron chi connectivity index (χ3n) is 8.27. The minimum absolute atomic E-state index is 0.277. The zero-order chi connectivity index (χ0) is 24.4. The number of benzene rings is 5. The van der Waals surface area contributed by atoms with E-state index in [9.17, 15) is 0 Å². The normalized spacial score (nSPS) is 14.2. The van der Waals surface area contributed by atoms with Crippen LogP contribution in [0.4, 0.5) is 0 Å². The Labute approximate surface area is 214 Å². The van der Waals surface area contributed by atoms with Crippen LogP contribution in [0.15, 0.2) is 103 Å². The number of hydrogen-bond donors (Lipinski definition) is 0. The van der Waals surface area contributed by atoms with Crippen LogP contribution < -0.4 is 0 Å². The van der Waals surface area contributed by atoms with Gasteiger partial charge in [-0.1, -0.05) is 120 Å². The summed E-state index contributed by atoms with van der Waals surface area (Å²) in [6.45, 7) is 6.62. The largest absolute Gasteiger partial charge is 0.0719 e. The molecule has 0 heterocycles. The lowest BCUT2D eigenvalue weighted by molar-refractivity contribution is 0.720. The van der Waals surface area contributed by atoms with Crippen LogP contribution in [0.2, 0.25) is 0 Å². The molecule has 0 amide bonds. The minimum atomic E-state index is -0.277. The van der Waals surface area contributed by atoms with E-state index >= 15 is 0 Å². The van der Waals surface area contributed by atoms with E-state index in [0.717, 1.165) is 12.8 Å². The molecule has 0 aromatic heterocycles. The van der Waals surface area contributed by atoms with Gasteiger partial charge in [0, 0.05) is 0 Å². The summed E-state index contributed by atoms with van der Waals surface area (Å²) in [6.07, 6.45) is 1.94. The highest BCUT2D eigenvalue weighted by Crippen LogP contribution is 2.59. The van der Waals surface area contributed by atoms with Crippen LogP contribution in [0, 0.1) is 20.8 Å². The molecule has 0 fully saturated rings. The molecule has 7 rings (SSSR count). The molecule has 36 heavy (non-hydrogen) atoms. The molecule has 174 valence electrons. The van der Waals surface area contributed by atoms with E-state index in [4.69, 9.17) is 0 Å². The van der Waals surface area contributed by atoms with E-state index in [-0.39, 0.29) is 5.41 Å². The number of hydrogen-bond acceptors (Lipinski definition) is 0. The summed E-state index contributed by atoms with van der Waals surface area (Å²) in [4.78, 5) is 0. The minimum Gasteiger partial charge on any atom is -0.0620 e. The van der Waals surface area contributed by atoms with Crippen LogP contribution in [0.1, 0.15) is 61.2 Å². The Morgan fingerprint density at radius 3 is 1.75 bits per heavy atom. The fourth-order valence-electron chi connectivity index (χ4n) is 7.01. The van der Waals surface area contributed by atoms with E-state index in [1.54, 1.807) is 0 Å². The summed E-state index contributed by atoms with van der Waals surface area (Å²) in [5, 5.41) is 0. The first-order valence-electron chi connectivity index (χ1n) is 13.0. The van der Waals surface area contributed by atoms with Crippen LogP contribution in [0.25, 0.3) is 11.1 Å². The summed E-state index contributed by atoms with van der Waals surface area (Å²) in [7, 11) is 0. The van der Waals surface area contributed by atoms with Crippen molar-refractivity contribution in [3.05, 3.63) is 164 Å². The van der Waals surface area contributed by atoms with Crippen molar-refractivity contribution in [1.82, 2.24) is 0 Å². The first-order chi connectivity index (χ1) is 17.5. The SMILES string of the molecule is Cc1cc(C)cc(Cc2ccc3c(c2)C2(c4ccccc4Cc4ccccc42)c2cc(C)ccc2-3)c1. The highest BCUT2D eigenvalue weighted by atomic mass is 14.5. The summed E-state index contributed by atoms with van der Waals surface area (Å²) in [5.41, 5.74) is 17.9. The summed E-state index contributed by atoms with van der Waals surface area (Å²) in [5.74, 6) is 0. The molecule has 0 aliphatic heterocycles. The van der Waals surface area contributed by atoms with Gasteiger partial charge in [0.15, 0.2) is 0 Å². The molecule has 5 aromatic carbocycles. The van der Waals surface area contributed by atoms with Gasteiger partial charge in [0.25, 0.3) is 0 Å². The molecular weight excluding hydrogens is 432 g/mol. The third-order valence-corrected chi connectivity index (χ3v) is 8.27. The van der Waals surface area contributed by atoms with Crippen LogP contribution in [0.5, 0.6) is 0 Å². The Balaban J connectivity index is 1.54. The summed E-state index contributed by atoms with van der Waals surface area (Å²) in [6, 6.07) is 39.5. The van der Waals surface area contributed by atoms with E-state index in [0.29, 0.717) is 0 Å². The van der Waals surface area contributed by atoms with Crippen LogP contribution in [-0.4, -0.2) is 0 Å². The maximum atomic E-state index is 2.52. The Morgan fingerprint density at radius 2 is 1.08 bits per heavy atom. The lowest BCUT2D eigenvalue weighted by atomic mass is 9.61. The predicted molar refractivity (Wildman–Crippen MR) is 150 cm³/mol. The van der Waals surface area contributed by atoms with E-state index in [1.165, 1.54) is 72.3 Å². The van der Waals surface area contributed by atoms with Crippen molar-refractivity contribution in [3.8, 4) is 11.1 Å². The number of fused-ring (bicyclic) bond motifs is 9. The molecule has 5 aromatic rings. The van der Waals surface area contributed by atoms with Crippen LogP contribution in [0.3, 0.4) is 0 Å². The molecular formula is C36H30. The molecule has 2 aliphatic rings. The first-order valence-corrected chi connectivity index (χ1v) is 13.0. The molecule has 0 nitrogen and oxygen atoms in total. The van der Waals surface area contributed by atoms with Crippen LogP contribution in [-0.2, 0) is 18.3 Å². The maximum absolute atomic E-state index is 2.52. The summed E-state index contributed by atoms with van der Waals surface area (Å²) >= 11 is 0. The van der Waals surface area contributed by atoms with Crippen molar-refractivity contribution < 1.29 is 0 Å². The van der Waals surface area contributed by atoms with Crippen molar-refractivity contribution in [2.75, 3.05) is 0 Å². The predicted octanol–water partition coefficient (Wildman–Crippen LogP) is 8.47. The Kier molecular flexibility index (Phi) is 4.63. The molecule has 0 heteroatoms. The van der Waals surface area contributed by atoms with Crippen molar-refractivity contribution >= 4 is 0 Å². The highest BCUT2D eigenvalue weighted by Gasteiger charge is 2.49. The smallest absolute Gasteiger partial charge is 0.0620 e. The van der Waals surface area contributed by atoms with Gasteiger partial charge >= 0.3 is 0 Å². The second kappa shape index (κ2) is 7.80. The number of rotatable bonds is 2. The number of aryl methyl sites for hydroxylation is 3. The molecule has 0 atom stereocenters. The molecule has 0 saturated carbocycles. The van der Waals surface area contributed by atoms with Gasteiger partial charge in [0.2, 0.25) is 0 Å². The highest BCUT2D eigenvalue weighted by molar-refractivity contribution is 5.88. The van der Waals surface area contributed by atoms with Gasteiger partial charge in [0.05, 0.1) is 5.41 Å². The van der Waals surface area contributed by atoms with E-state index < -0.39 is 0 Å². The first kappa shape index (κ1) is 21.4. The monoisotopic (exact) mass is 462 g/mol. The van der Waals surface area contributed by atoms with E-state index in [2.05, 4.69) is 124 Å². The van der Waals surface area contributed by atoms with E-state index in [1.807, 2.05) is 0 Å². The standard InChI is InChI=1S/C36H30/c1-23-12-14-30-31-15-13-26(20-27-17-24(2)16-25(3)18-27)21-35(31)36(34(30)19-23)32-10-6-4-8-28(32)22-29-9-5-7-11-33(29)36/h4-19,21H,20,22H2,1-3H3. The van der Waals surface area contributed by atoms with Crippen LogP contribution >= 0.6 is 0 Å². The molecule has 0 radical (unpaired) electrons. The average molecular weight is 463 g/mol. The van der Waals surface area contributed by atoms with Gasteiger partial charge < -0.3 is 0 Å². The second-order valence-electron chi connectivity index (χ2n) is 10.8. The topological polar surface area (TPSA) is 0 Å². The molecule has 0 unspecified atom stereocenters. The van der Waals surface area contributed by atoms with Crippen molar-refractivity contribution in [2.45, 2.75) is 39.0 Å². The average Bonchev–Trinajstić information content (AvgIpc) is 3.13. The van der Waals surface area contributed by atoms with Gasteiger partial charge in [-0.3, -0.25) is 0 Å². The maximum Gasteiger partial charge on any atom is 0.0719 e. The van der Waals surface area contributed by atoms with Gasteiger partial charge in [-0.15, -0.1) is 0 Å². The molecule has 0 bridgehead atoms. The van der Waals surface area contributed by atoms with Gasteiger partial charge in [-0.05, 0) is 89.2 Å². The van der Waals surface area contributed by atoms with Crippen molar-refractivity contribution in [3.63, 3.8) is 0 Å². The zero-order valence-corrected chi connectivity index (χ0v) is 21.2. The molecule has 2 aliphatic carbocycles. The second-order valence-corrected chi connectivity index (χ2v) is 10.8. The zero-order valence-electron chi connectivity index (χ0n) is 21.2. The fourth-order valence-corrected chi connectivity index (χ4v) is 7.01. The van der Waals surface area contributed by atoms with Gasteiger partial charge in [-0.25, -0.2) is 0 Å². The molecule has 0 N–H and O–H groups in total. The van der Waals surface area contributed by atoms with Crippen molar-refractivity contribution in [2.24, 2.45) is 0 Å². The quantitative estimate of drug-likeness (QED) is 0.242. The fraction of sp³-hybridized carbons (Fsp3) is 0.167. The van der Waals surface area contributed by atoms with Gasteiger partial charge in [0.1, 0.15) is 0 Å². The summed E-state index contributed by atoms with van der Waals surface area (Å²) < 4.78 is 0. The Hall–Kier alpha value is -3.90. The molecule has 1 spiro atoms. The van der Waals surface area contributed by atoms with Gasteiger partial charge in [-0.2, -0.15) is 0 Å². The van der Waals surface area contributed by atoms with Crippen molar-refractivity contribution in [1.29, 1.82) is 0 Å². The Bertz CT molecular complexity index is 1600. The Morgan fingerprint density at radius 1 is 0.500 bits per heavy atom. The third kappa shape index (κ3) is 3.00.